The molecule has 0 atom stereocenters. The van der Waals surface area contributed by atoms with Gasteiger partial charge in [-0.2, -0.15) is 0 Å². The maximum absolute atomic E-state index is 12.3. The topological polar surface area (TPSA) is 75.4 Å². The van der Waals surface area contributed by atoms with Gasteiger partial charge >= 0.3 is 0 Å². The first-order valence-electron chi connectivity index (χ1n) is 6.47. The van der Waals surface area contributed by atoms with Crippen LogP contribution in [0.25, 0.3) is 0 Å². The van der Waals surface area contributed by atoms with E-state index < -0.39 is 0 Å². The second kappa shape index (κ2) is 5.36. The van der Waals surface area contributed by atoms with Crippen molar-refractivity contribution >= 4 is 11.6 Å². The molecule has 0 radical (unpaired) electrons. The van der Waals surface area contributed by atoms with Crippen molar-refractivity contribution in [2.45, 2.75) is 33.6 Å². The molecule has 5 nitrogen and oxygen atoms in total. The first-order valence-corrected chi connectivity index (χ1v) is 6.47. The lowest BCUT2D eigenvalue weighted by atomic mass is 10.0. The summed E-state index contributed by atoms with van der Waals surface area (Å²) in [6.45, 7) is 7.45. The van der Waals surface area contributed by atoms with Crippen molar-refractivity contribution in [3.63, 3.8) is 0 Å². The van der Waals surface area contributed by atoms with Gasteiger partial charge in [0.25, 0.3) is 5.91 Å². The van der Waals surface area contributed by atoms with Crippen LogP contribution >= 0.6 is 0 Å². The van der Waals surface area contributed by atoms with Crippen LogP contribution in [0.4, 0.5) is 5.69 Å². The summed E-state index contributed by atoms with van der Waals surface area (Å²) in [5.41, 5.74) is 2.26. The SMILES string of the molecule is Cc1ccc(NC(=O)c2c(C)noc2C(C)C)c(O)c1. The number of anilines is 1. The highest BCUT2D eigenvalue weighted by molar-refractivity contribution is 6.06. The Kier molecular flexibility index (Phi) is 3.79. The molecule has 1 aromatic carbocycles. The zero-order chi connectivity index (χ0) is 14.9. The Morgan fingerprint density at radius 3 is 2.65 bits per heavy atom. The van der Waals surface area contributed by atoms with E-state index in [1.54, 1.807) is 19.1 Å². The average molecular weight is 274 g/mol. The van der Waals surface area contributed by atoms with E-state index in [1.165, 1.54) is 0 Å². The van der Waals surface area contributed by atoms with Crippen LogP contribution in [0.1, 0.15) is 47.1 Å². The van der Waals surface area contributed by atoms with E-state index in [1.807, 2.05) is 26.8 Å². The molecule has 0 unspecified atom stereocenters. The van der Waals surface area contributed by atoms with Gasteiger partial charge in [0, 0.05) is 5.92 Å². The molecule has 1 amide bonds. The van der Waals surface area contributed by atoms with Gasteiger partial charge in [-0.1, -0.05) is 25.1 Å². The number of benzene rings is 1. The van der Waals surface area contributed by atoms with Crippen LogP contribution in [0.15, 0.2) is 22.7 Å². The summed E-state index contributed by atoms with van der Waals surface area (Å²) >= 11 is 0. The first-order chi connectivity index (χ1) is 9.40. The molecule has 2 aromatic rings. The lowest BCUT2D eigenvalue weighted by Crippen LogP contribution is -2.15. The Bertz CT molecular complexity index is 645. The molecule has 20 heavy (non-hydrogen) atoms. The third-order valence-corrected chi connectivity index (χ3v) is 3.04. The Hall–Kier alpha value is -2.30. The number of aromatic hydroxyl groups is 1. The minimum absolute atomic E-state index is 0.0403. The fraction of sp³-hybridized carbons (Fsp3) is 0.333. The molecular weight excluding hydrogens is 256 g/mol. The minimum atomic E-state index is -0.327. The van der Waals surface area contributed by atoms with Gasteiger partial charge in [-0.15, -0.1) is 0 Å². The number of rotatable bonds is 3. The fourth-order valence-electron chi connectivity index (χ4n) is 1.99. The van der Waals surface area contributed by atoms with Crippen LogP contribution < -0.4 is 5.32 Å². The molecule has 0 fully saturated rings. The predicted octanol–water partition coefficient (Wildman–Crippen LogP) is 3.37. The Morgan fingerprint density at radius 1 is 1.35 bits per heavy atom. The van der Waals surface area contributed by atoms with Crippen molar-refractivity contribution in [3.05, 3.63) is 40.8 Å². The number of amides is 1. The molecule has 0 spiro atoms. The van der Waals surface area contributed by atoms with E-state index in [0.29, 0.717) is 22.7 Å². The lowest BCUT2D eigenvalue weighted by molar-refractivity contribution is 0.102. The lowest BCUT2D eigenvalue weighted by Gasteiger charge is -2.09. The number of carbonyl (C=O) groups is 1. The standard InChI is InChI=1S/C15H18N2O3/c1-8(2)14-13(10(4)17-20-14)15(19)16-11-6-5-9(3)7-12(11)18/h5-8,18H,1-4H3,(H,16,19). The second-order valence-corrected chi connectivity index (χ2v) is 5.14. The molecule has 0 aliphatic rings. The quantitative estimate of drug-likeness (QED) is 0.841. The van der Waals surface area contributed by atoms with Crippen molar-refractivity contribution in [1.82, 2.24) is 5.16 Å². The van der Waals surface area contributed by atoms with E-state index in [0.717, 1.165) is 5.56 Å². The van der Waals surface area contributed by atoms with Gasteiger partial charge in [-0.05, 0) is 31.5 Å². The summed E-state index contributed by atoms with van der Waals surface area (Å²) in [4.78, 5) is 12.3. The van der Waals surface area contributed by atoms with Crippen molar-refractivity contribution in [3.8, 4) is 5.75 Å². The van der Waals surface area contributed by atoms with Gasteiger partial charge in [0.05, 0.1) is 11.4 Å². The molecular formula is C15H18N2O3. The van der Waals surface area contributed by atoms with Gasteiger partial charge in [-0.3, -0.25) is 4.79 Å². The highest BCUT2D eigenvalue weighted by atomic mass is 16.5. The molecule has 1 aromatic heterocycles. The molecule has 0 aliphatic carbocycles. The highest BCUT2D eigenvalue weighted by Crippen LogP contribution is 2.27. The predicted molar refractivity (Wildman–Crippen MR) is 76.1 cm³/mol. The van der Waals surface area contributed by atoms with E-state index >= 15 is 0 Å². The van der Waals surface area contributed by atoms with Crippen LogP contribution in [0.2, 0.25) is 0 Å². The molecule has 2 rings (SSSR count). The Labute approximate surface area is 117 Å². The molecule has 5 heteroatoms. The molecule has 2 N–H and O–H groups in total. The van der Waals surface area contributed by atoms with Crippen molar-refractivity contribution < 1.29 is 14.4 Å². The third-order valence-electron chi connectivity index (χ3n) is 3.04. The van der Waals surface area contributed by atoms with Gasteiger partial charge in [0.15, 0.2) is 5.76 Å². The highest BCUT2D eigenvalue weighted by Gasteiger charge is 2.23. The number of nitrogens with one attached hydrogen (secondary N) is 1. The smallest absolute Gasteiger partial charge is 0.261 e. The summed E-state index contributed by atoms with van der Waals surface area (Å²) in [6, 6.07) is 5.08. The maximum atomic E-state index is 12.3. The van der Waals surface area contributed by atoms with E-state index in [2.05, 4.69) is 10.5 Å². The molecule has 0 bridgehead atoms. The number of hydrogen-bond donors (Lipinski definition) is 2. The molecule has 0 aliphatic heterocycles. The largest absolute Gasteiger partial charge is 0.506 e. The third kappa shape index (κ3) is 2.66. The zero-order valence-corrected chi connectivity index (χ0v) is 12.0. The summed E-state index contributed by atoms with van der Waals surface area (Å²) in [6.07, 6.45) is 0. The van der Waals surface area contributed by atoms with Crippen LogP contribution in [-0.2, 0) is 0 Å². The van der Waals surface area contributed by atoms with Crippen LogP contribution in [0.5, 0.6) is 5.75 Å². The van der Waals surface area contributed by atoms with Crippen LogP contribution in [0.3, 0.4) is 0 Å². The van der Waals surface area contributed by atoms with E-state index in [4.69, 9.17) is 4.52 Å². The number of nitrogens with zero attached hydrogens (tertiary/aromatic N) is 1. The second-order valence-electron chi connectivity index (χ2n) is 5.14. The van der Waals surface area contributed by atoms with Gasteiger partial charge in [0.2, 0.25) is 0 Å². The molecule has 1 heterocycles. The normalized spacial score (nSPS) is 10.8. The Morgan fingerprint density at radius 2 is 2.05 bits per heavy atom. The number of aryl methyl sites for hydroxylation is 2. The number of carbonyl (C=O) groups excluding carboxylic acids is 1. The summed E-state index contributed by atoms with van der Waals surface area (Å²) < 4.78 is 5.19. The van der Waals surface area contributed by atoms with Gasteiger partial charge < -0.3 is 14.9 Å². The average Bonchev–Trinajstić information content (AvgIpc) is 2.75. The van der Waals surface area contributed by atoms with E-state index in [9.17, 15) is 9.90 Å². The van der Waals surface area contributed by atoms with Crippen molar-refractivity contribution in [2.75, 3.05) is 5.32 Å². The van der Waals surface area contributed by atoms with Gasteiger partial charge in [-0.25, -0.2) is 0 Å². The van der Waals surface area contributed by atoms with Crippen molar-refractivity contribution in [2.24, 2.45) is 0 Å². The van der Waals surface area contributed by atoms with E-state index in [-0.39, 0.29) is 17.6 Å². The fourth-order valence-corrected chi connectivity index (χ4v) is 1.99. The van der Waals surface area contributed by atoms with Crippen LogP contribution in [0, 0.1) is 13.8 Å². The zero-order valence-electron chi connectivity index (χ0n) is 12.0. The van der Waals surface area contributed by atoms with Crippen LogP contribution in [-0.4, -0.2) is 16.2 Å². The Balaban J connectivity index is 2.31. The molecule has 0 saturated carbocycles. The molecule has 0 saturated heterocycles. The molecule has 106 valence electrons. The monoisotopic (exact) mass is 274 g/mol. The summed E-state index contributed by atoms with van der Waals surface area (Å²) in [5.74, 6) is 0.320. The summed E-state index contributed by atoms with van der Waals surface area (Å²) in [7, 11) is 0. The number of phenolic OH excluding ortho intramolecular Hbond substituents is 1. The van der Waals surface area contributed by atoms with Gasteiger partial charge in [0.1, 0.15) is 11.3 Å². The number of hydrogen-bond acceptors (Lipinski definition) is 4. The number of phenols is 1. The first kappa shape index (κ1) is 14.1. The minimum Gasteiger partial charge on any atom is -0.506 e. The number of aromatic nitrogens is 1. The van der Waals surface area contributed by atoms with Crippen molar-refractivity contribution in [1.29, 1.82) is 0 Å². The summed E-state index contributed by atoms with van der Waals surface area (Å²) in [5, 5.41) is 16.4. The maximum Gasteiger partial charge on any atom is 0.261 e.